The number of nitrogens with one attached hydrogen (secondary N) is 1. The van der Waals surface area contributed by atoms with Crippen molar-refractivity contribution < 1.29 is 32.4 Å². The molecule has 2 bridgehead atoms. The molecule has 1 aliphatic carbocycles. The third-order valence-electron chi connectivity index (χ3n) is 8.28. The summed E-state index contributed by atoms with van der Waals surface area (Å²) in [5.41, 5.74) is 2.18. The Labute approximate surface area is 259 Å². The Morgan fingerprint density at radius 1 is 1.02 bits per heavy atom. The van der Waals surface area contributed by atoms with Crippen molar-refractivity contribution in [1.82, 2.24) is 9.88 Å². The van der Waals surface area contributed by atoms with Gasteiger partial charge < -0.3 is 19.3 Å². The fourth-order valence-corrected chi connectivity index (χ4v) is 7.75. The van der Waals surface area contributed by atoms with Gasteiger partial charge >= 0.3 is 5.97 Å². The molecule has 3 aliphatic rings. The van der Waals surface area contributed by atoms with Crippen LogP contribution >= 0.6 is 23.2 Å². The fraction of sp³-hybridized carbons (Fsp3) is 0.433. The van der Waals surface area contributed by atoms with E-state index in [1.807, 2.05) is 16.9 Å². The van der Waals surface area contributed by atoms with Crippen LogP contribution in [0.25, 0.3) is 11.3 Å². The van der Waals surface area contributed by atoms with Crippen molar-refractivity contribution in [3.05, 3.63) is 69.4 Å². The summed E-state index contributed by atoms with van der Waals surface area (Å²) < 4.78 is 37.9. The number of esters is 1. The number of sulfonamides is 1. The van der Waals surface area contributed by atoms with Crippen LogP contribution in [-0.2, 0) is 14.8 Å². The van der Waals surface area contributed by atoms with Crippen LogP contribution in [0.15, 0.2) is 47.0 Å². The molecule has 43 heavy (non-hydrogen) atoms. The summed E-state index contributed by atoms with van der Waals surface area (Å²) in [5.74, 6) is -0.897. The molecule has 6 rings (SSSR count). The third kappa shape index (κ3) is 6.26. The zero-order valence-electron chi connectivity index (χ0n) is 23.2. The highest BCUT2D eigenvalue weighted by molar-refractivity contribution is 7.90. The molecule has 3 aromatic rings. The minimum atomic E-state index is -3.82. The van der Waals surface area contributed by atoms with Crippen molar-refractivity contribution in [2.45, 2.75) is 69.1 Å². The van der Waals surface area contributed by atoms with Crippen molar-refractivity contribution in [3.8, 4) is 11.3 Å². The minimum Gasteiger partial charge on any atom is -0.458 e. The summed E-state index contributed by atoms with van der Waals surface area (Å²) in [4.78, 5) is 28.4. The van der Waals surface area contributed by atoms with Crippen molar-refractivity contribution in [1.29, 1.82) is 0 Å². The van der Waals surface area contributed by atoms with Gasteiger partial charge in [0.25, 0.3) is 5.91 Å². The molecule has 2 aromatic carbocycles. The van der Waals surface area contributed by atoms with E-state index in [2.05, 4.69) is 10.1 Å². The molecule has 1 amide bonds. The zero-order chi connectivity index (χ0) is 30.3. The van der Waals surface area contributed by atoms with Gasteiger partial charge in [-0.15, -0.1) is 0 Å². The maximum Gasteiger partial charge on any atom is 0.344 e. The SMILES string of the molecule is O=C(NS(=O)(=O)CCCO)c1ccc(N2[C@@H]3CC[C@H]2CC(OC(=O)c2c(-c4c(Cl)cccc4Cl)noc2C2CC2)C3)cc1. The molecule has 1 saturated carbocycles. The van der Waals surface area contributed by atoms with Gasteiger partial charge in [0, 0.05) is 54.3 Å². The lowest BCUT2D eigenvalue weighted by Gasteiger charge is -2.40. The molecular formula is C30H31Cl2N3O7S. The molecule has 13 heteroatoms. The number of aliphatic hydroxyl groups is 1. The Balaban J connectivity index is 1.15. The molecule has 228 valence electrons. The zero-order valence-corrected chi connectivity index (χ0v) is 25.5. The van der Waals surface area contributed by atoms with Crippen molar-refractivity contribution in [2.75, 3.05) is 17.3 Å². The number of fused-ring (bicyclic) bond motifs is 2. The number of hydrogen-bond donors (Lipinski definition) is 2. The Morgan fingerprint density at radius 3 is 2.28 bits per heavy atom. The molecule has 2 N–H and O–H groups in total. The summed E-state index contributed by atoms with van der Waals surface area (Å²) in [6.45, 7) is -0.275. The van der Waals surface area contributed by atoms with Crippen molar-refractivity contribution in [3.63, 3.8) is 0 Å². The highest BCUT2D eigenvalue weighted by Gasteiger charge is 2.44. The number of hydrogen-bond acceptors (Lipinski definition) is 9. The number of ether oxygens (including phenoxy) is 1. The van der Waals surface area contributed by atoms with Crippen LogP contribution in [0.2, 0.25) is 10.0 Å². The number of carbonyl (C=O) groups excluding carboxylic acids is 2. The maximum atomic E-state index is 13.7. The Morgan fingerprint density at radius 2 is 1.67 bits per heavy atom. The normalized spacial score (nSPS) is 21.6. The quantitative estimate of drug-likeness (QED) is 0.280. The van der Waals surface area contributed by atoms with Gasteiger partial charge in [-0.2, -0.15) is 0 Å². The highest BCUT2D eigenvalue weighted by Crippen LogP contribution is 2.47. The molecular weight excluding hydrogens is 617 g/mol. The number of benzene rings is 2. The number of rotatable bonds is 10. The molecule has 2 saturated heterocycles. The van der Waals surface area contributed by atoms with Crippen LogP contribution in [0.4, 0.5) is 5.69 Å². The Kier molecular flexibility index (Phi) is 8.43. The first-order chi connectivity index (χ1) is 20.6. The van der Waals surface area contributed by atoms with Gasteiger partial charge in [-0.3, -0.25) is 4.79 Å². The van der Waals surface area contributed by atoms with E-state index in [0.29, 0.717) is 45.5 Å². The smallest absolute Gasteiger partial charge is 0.344 e. The van der Waals surface area contributed by atoms with E-state index in [4.69, 9.17) is 37.6 Å². The molecule has 1 aromatic heterocycles. The van der Waals surface area contributed by atoms with Crippen molar-refractivity contribution in [2.24, 2.45) is 0 Å². The van der Waals surface area contributed by atoms with Gasteiger partial charge in [0.05, 0.1) is 15.8 Å². The molecule has 10 nitrogen and oxygen atoms in total. The lowest BCUT2D eigenvalue weighted by atomic mass is 9.98. The van der Waals surface area contributed by atoms with Crippen LogP contribution in [-0.4, -0.2) is 61.1 Å². The standard InChI is InChI=1S/C30H31Cl2N3O7S/c31-23-3-1-4-24(32)25(23)27-26(28(42-33-27)17-5-6-17)30(38)41-22-15-20-11-12-21(16-22)35(20)19-9-7-18(8-10-19)29(37)34-43(39,40)14-2-13-36/h1,3-4,7-10,17,20-22,36H,2,5-6,11-16H2,(H,34,37)/t20-,21+,22?. The van der Waals surface area contributed by atoms with E-state index in [1.165, 1.54) is 0 Å². The van der Waals surface area contributed by atoms with Crippen LogP contribution in [0, 0.1) is 0 Å². The second-order valence-corrected chi connectivity index (χ2v) is 14.0. The molecule has 0 spiro atoms. The number of anilines is 1. The van der Waals surface area contributed by atoms with Gasteiger partial charge in [0.2, 0.25) is 10.0 Å². The first-order valence-corrected chi connectivity index (χ1v) is 16.7. The molecule has 2 aliphatic heterocycles. The molecule has 3 fully saturated rings. The van der Waals surface area contributed by atoms with E-state index in [1.54, 1.807) is 30.3 Å². The summed E-state index contributed by atoms with van der Waals surface area (Å²) in [6, 6.07) is 12.2. The molecule has 3 heterocycles. The van der Waals surface area contributed by atoms with Crippen LogP contribution in [0.5, 0.6) is 0 Å². The number of amides is 1. The van der Waals surface area contributed by atoms with Crippen LogP contribution < -0.4 is 9.62 Å². The molecule has 0 radical (unpaired) electrons. The average Bonchev–Trinajstić information content (AvgIpc) is 3.67. The van der Waals surface area contributed by atoms with E-state index in [-0.39, 0.29) is 48.4 Å². The van der Waals surface area contributed by atoms with Crippen LogP contribution in [0.1, 0.15) is 77.3 Å². The van der Waals surface area contributed by atoms with E-state index in [9.17, 15) is 18.0 Å². The lowest BCUT2D eigenvalue weighted by molar-refractivity contribution is 0.0202. The van der Waals surface area contributed by atoms with Gasteiger partial charge in [-0.25, -0.2) is 17.9 Å². The van der Waals surface area contributed by atoms with E-state index >= 15 is 0 Å². The van der Waals surface area contributed by atoms with Crippen LogP contribution in [0.3, 0.4) is 0 Å². The number of halogens is 2. The third-order valence-corrected chi connectivity index (χ3v) is 10.2. The maximum absolute atomic E-state index is 13.7. The monoisotopic (exact) mass is 647 g/mol. The van der Waals surface area contributed by atoms with E-state index in [0.717, 1.165) is 31.4 Å². The number of aliphatic hydroxyl groups excluding tert-OH is 1. The van der Waals surface area contributed by atoms with Gasteiger partial charge in [0.15, 0.2) is 5.76 Å². The minimum absolute atomic E-state index is 0.0487. The van der Waals surface area contributed by atoms with E-state index < -0.39 is 21.9 Å². The predicted molar refractivity (Wildman–Crippen MR) is 161 cm³/mol. The molecule has 1 unspecified atom stereocenters. The lowest BCUT2D eigenvalue weighted by Crippen LogP contribution is -2.46. The summed E-state index contributed by atoms with van der Waals surface area (Å²) in [5, 5.41) is 13.8. The topological polar surface area (TPSA) is 139 Å². The number of carbonyl (C=O) groups is 2. The van der Waals surface area contributed by atoms with Gasteiger partial charge in [0.1, 0.15) is 17.4 Å². The summed E-state index contributed by atoms with van der Waals surface area (Å²) in [6.07, 6.45) is 4.72. The number of nitrogens with zero attached hydrogens (tertiary/aromatic N) is 2. The number of aromatic nitrogens is 1. The van der Waals surface area contributed by atoms with Gasteiger partial charge in [-0.1, -0.05) is 34.4 Å². The Hall–Kier alpha value is -3.12. The first-order valence-electron chi connectivity index (χ1n) is 14.3. The highest BCUT2D eigenvalue weighted by atomic mass is 35.5. The number of piperidine rings is 1. The summed E-state index contributed by atoms with van der Waals surface area (Å²) in [7, 11) is -3.82. The predicted octanol–water partition coefficient (Wildman–Crippen LogP) is 5.32. The Bertz CT molecular complexity index is 1610. The molecule has 3 atom stereocenters. The second kappa shape index (κ2) is 12.1. The van der Waals surface area contributed by atoms with Crippen molar-refractivity contribution >= 4 is 50.8 Å². The fourth-order valence-electron chi connectivity index (χ4n) is 6.16. The largest absolute Gasteiger partial charge is 0.458 e. The van der Waals surface area contributed by atoms with Gasteiger partial charge in [-0.05, 0) is 68.5 Å². The second-order valence-electron chi connectivity index (χ2n) is 11.3. The summed E-state index contributed by atoms with van der Waals surface area (Å²) >= 11 is 12.9. The average molecular weight is 649 g/mol. The first kappa shape index (κ1) is 29.9.